The van der Waals surface area contributed by atoms with Gasteiger partial charge in [-0.05, 0) is 37.9 Å². The Labute approximate surface area is 105 Å². The molecule has 2 nitrogen and oxygen atoms in total. The summed E-state index contributed by atoms with van der Waals surface area (Å²) in [5.41, 5.74) is 1.41. The molecule has 0 saturated heterocycles. The van der Waals surface area contributed by atoms with Crippen molar-refractivity contribution in [3.8, 4) is 0 Å². The molecule has 0 amide bonds. The number of benzene rings is 1. The van der Waals surface area contributed by atoms with Crippen LogP contribution in [0.2, 0.25) is 0 Å². The summed E-state index contributed by atoms with van der Waals surface area (Å²) in [6.07, 6.45) is 1.41. The Bertz CT molecular complexity index is 336. The minimum absolute atomic E-state index is 0.494. The normalized spacial score (nSPS) is 24.9. The van der Waals surface area contributed by atoms with Gasteiger partial charge >= 0.3 is 0 Å². The lowest BCUT2D eigenvalue weighted by atomic mass is 10.1. The monoisotopic (exact) mass is 232 g/mol. The van der Waals surface area contributed by atoms with Gasteiger partial charge in [-0.15, -0.1) is 0 Å². The molecule has 1 N–H and O–H groups in total. The highest BCUT2D eigenvalue weighted by molar-refractivity contribution is 5.19. The number of nitrogens with one attached hydrogen (secondary N) is 1. The van der Waals surface area contributed by atoms with E-state index >= 15 is 0 Å². The zero-order valence-electron chi connectivity index (χ0n) is 11.2. The predicted octanol–water partition coefficient (Wildman–Crippen LogP) is 2.53. The quantitative estimate of drug-likeness (QED) is 0.811. The summed E-state index contributed by atoms with van der Waals surface area (Å²) in [6.45, 7) is 4.60. The summed E-state index contributed by atoms with van der Waals surface area (Å²) in [7, 11) is 4.28. The molecule has 0 aliphatic heterocycles. The summed E-state index contributed by atoms with van der Waals surface area (Å²) in [5, 5.41) is 3.31. The number of nitrogens with zero attached hydrogens (tertiary/aromatic N) is 1. The lowest BCUT2D eigenvalue weighted by Crippen LogP contribution is -2.33. The van der Waals surface area contributed by atoms with Gasteiger partial charge in [0.1, 0.15) is 0 Å². The van der Waals surface area contributed by atoms with E-state index < -0.39 is 0 Å². The Balaban J connectivity index is 2.00. The Hall–Kier alpha value is -0.860. The van der Waals surface area contributed by atoms with Crippen LogP contribution in [0, 0.1) is 11.8 Å². The molecule has 1 aliphatic carbocycles. The van der Waals surface area contributed by atoms with Gasteiger partial charge in [-0.25, -0.2) is 0 Å². The lowest BCUT2D eigenvalue weighted by Gasteiger charge is -2.28. The minimum atomic E-state index is 0.494. The second-order valence-electron chi connectivity index (χ2n) is 5.40. The second-order valence-corrected chi connectivity index (χ2v) is 5.40. The molecule has 1 fully saturated rings. The van der Waals surface area contributed by atoms with Gasteiger partial charge in [-0.2, -0.15) is 0 Å². The fraction of sp³-hybridized carbons (Fsp3) is 0.600. The maximum Gasteiger partial charge on any atom is 0.0469 e. The van der Waals surface area contributed by atoms with Gasteiger partial charge in [0.2, 0.25) is 0 Å². The van der Waals surface area contributed by atoms with E-state index in [2.05, 4.69) is 54.5 Å². The first kappa shape index (κ1) is 12.6. The van der Waals surface area contributed by atoms with Gasteiger partial charge in [0.05, 0.1) is 0 Å². The third-order valence-corrected chi connectivity index (χ3v) is 3.91. The summed E-state index contributed by atoms with van der Waals surface area (Å²) >= 11 is 0. The molecule has 3 unspecified atom stereocenters. The van der Waals surface area contributed by atoms with Crippen molar-refractivity contribution in [3.05, 3.63) is 35.9 Å². The average Bonchev–Trinajstić information content (AvgIpc) is 3.02. The summed E-state index contributed by atoms with van der Waals surface area (Å²) in [5.74, 6) is 1.85. The number of likely N-dealkylation sites (N-methyl/N-ethyl adjacent to an activating group) is 2. The third-order valence-electron chi connectivity index (χ3n) is 3.91. The van der Waals surface area contributed by atoms with Crippen molar-refractivity contribution in [2.45, 2.75) is 19.4 Å². The first-order valence-electron chi connectivity index (χ1n) is 6.62. The molecule has 2 heteroatoms. The zero-order chi connectivity index (χ0) is 12.3. The molecule has 1 saturated carbocycles. The first-order chi connectivity index (χ1) is 8.22. The van der Waals surface area contributed by atoms with Crippen LogP contribution in [-0.2, 0) is 0 Å². The topological polar surface area (TPSA) is 15.3 Å². The Morgan fingerprint density at radius 3 is 2.53 bits per heavy atom. The molecule has 1 aromatic carbocycles. The maximum atomic E-state index is 3.31. The molecule has 0 bridgehead atoms. The molecule has 1 aliphatic rings. The van der Waals surface area contributed by atoms with Crippen LogP contribution in [0.15, 0.2) is 30.3 Å². The van der Waals surface area contributed by atoms with Crippen LogP contribution in [0.25, 0.3) is 0 Å². The highest BCUT2D eigenvalue weighted by atomic mass is 15.2. The summed E-state index contributed by atoms with van der Waals surface area (Å²) in [4.78, 5) is 2.50. The standard InChI is InChI=1S/C15H24N2/c1-12-9-14(12)11-17(3)15(10-16-2)13-7-5-4-6-8-13/h4-8,12,14-16H,9-11H2,1-3H3. The van der Waals surface area contributed by atoms with Crippen LogP contribution in [0.5, 0.6) is 0 Å². The predicted molar refractivity (Wildman–Crippen MR) is 73.0 cm³/mol. The molecule has 17 heavy (non-hydrogen) atoms. The van der Waals surface area contributed by atoms with Crippen LogP contribution < -0.4 is 5.32 Å². The van der Waals surface area contributed by atoms with Gasteiger partial charge in [0, 0.05) is 19.1 Å². The van der Waals surface area contributed by atoms with Crippen LogP contribution in [0.1, 0.15) is 24.9 Å². The van der Waals surface area contributed by atoms with Gasteiger partial charge in [-0.1, -0.05) is 37.3 Å². The molecule has 0 aromatic heterocycles. The van der Waals surface area contributed by atoms with Crippen molar-refractivity contribution in [1.29, 1.82) is 0 Å². The van der Waals surface area contributed by atoms with Gasteiger partial charge in [0.15, 0.2) is 0 Å². The molecule has 94 valence electrons. The lowest BCUT2D eigenvalue weighted by molar-refractivity contribution is 0.229. The third kappa shape index (κ3) is 3.30. The number of rotatable bonds is 6. The van der Waals surface area contributed by atoms with E-state index in [4.69, 9.17) is 0 Å². The highest BCUT2D eigenvalue weighted by Crippen LogP contribution is 2.39. The molecule has 0 radical (unpaired) electrons. The Kier molecular flexibility index (Phi) is 4.19. The Morgan fingerprint density at radius 1 is 1.35 bits per heavy atom. The Morgan fingerprint density at radius 2 is 2.00 bits per heavy atom. The van der Waals surface area contributed by atoms with Gasteiger partial charge < -0.3 is 5.32 Å². The fourth-order valence-corrected chi connectivity index (χ4v) is 2.55. The molecule has 0 heterocycles. The van der Waals surface area contributed by atoms with E-state index in [9.17, 15) is 0 Å². The molecular weight excluding hydrogens is 208 g/mol. The van der Waals surface area contributed by atoms with Crippen molar-refractivity contribution in [2.75, 3.05) is 27.2 Å². The van der Waals surface area contributed by atoms with E-state index in [0.717, 1.165) is 18.4 Å². The molecule has 3 atom stereocenters. The molecule has 2 rings (SSSR count). The van der Waals surface area contributed by atoms with Crippen molar-refractivity contribution in [1.82, 2.24) is 10.2 Å². The van der Waals surface area contributed by atoms with Crippen molar-refractivity contribution in [3.63, 3.8) is 0 Å². The molecule has 0 spiro atoms. The zero-order valence-corrected chi connectivity index (χ0v) is 11.2. The number of hydrogen-bond acceptors (Lipinski definition) is 2. The van der Waals surface area contributed by atoms with Crippen LogP contribution >= 0.6 is 0 Å². The van der Waals surface area contributed by atoms with E-state index in [1.807, 2.05) is 7.05 Å². The van der Waals surface area contributed by atoms with Crippen LogP contribution in [0.3, 0.4) is 0 Å². The summed E-state index contributed by atoms with van der Waals surface area (Å²) in [6, 6.07) is 11.3. The van der Waals surface area contributed by atoms with E-state index in [-0.39, 0.29) is 0 Å². The SMILES string of the molecule is CNCC(c1ccccc1)N(C)CC1CC1C. The molecule has 1 aromatic rings. The fourth-order valence-electron chi connectivity index (χ4n) is 2.55. The van der Waals surface area contributed by atoms with Crippen molar-refractivity contribution >= 4 is 0 Å². The maximum absolute atomic E-state index is 3.31. The van der Waals surface area contributed by atoms with E-state index in [1.165, 1.54) is 18.5 Å². The van der Waals surface area contributed by atoms with Crippen molar-refractivity contribution in [2.24, 2.45) is 11.8 Å². The van der Waals surface area contributed by atoms with E-state index in [1.54, 1.807) is 0 Å². The minimum Gasteiger partial charge on any atom is -0.318 e. The number of hydrogen-bond donors (Lipinski definition) is 1. The largest absolute Gasteiger partial charge is 0.318 e. The van der Waals surface area contributed by atoms with Crippen molar-refractivity contribution < 1.29 is 0 Å². The van der Waals surface area contributed by atoms with Crippen LogP contribution in [0.4, 0.5) is 0 Å². The average molecular weight is 232 g/mol. The molecular formula is C15H24N2. The van der Waals surface area contributed by atoms with Gasteiger partial charge in [0.25, 0.3) is 0 Å². The second kappa shape index (κ2) is 5.65. The van der Waals surface area contributed by atoms with Crippen LogP contribution in [-0.4, -0.2) is 32.1 Å². The van der Waals surface area contributed by atoms with Gasteiger partial charge in [-0.3, -0.25) is 4.90 Å². The summed E-state index contributed by atoms with van der Waals surface area (Å²) < 4.78 is 0. The first-order valence-corrected chi connectivity index (χ1v) is 6.62. The smallest absolute Gasteiger partial charge is 0.0469 e. The van der Waals surface area contributed by atoms with E-state index in [0.29, 0.717) is 6.04 Å². The highest BCUT2D eigenvalue weighted by Gasteiger charge is 2.34.